The summed E-state index contributed by atoms with van der Waals surface area (Å²) < 4.78 is 30.1. The van der Waals surface area contributed by atoms with Gasteiger partial charge in [-0.3, -0.25) is 14.7 Å². The molecule has 16 heavy (non-hydrogen) atoms. The number of hydrogen-bond donors (Lipinski definition) is 2. The quantitative estimate of drug-likeness (QED) is 0.352. The number of nitrogens with zero attached hydrogens (tertiary/aromatic N) is 1. The van der Waals surface area contributed by atoms with Crippen molar-refractivity contribution < 1.29 is 17.9 Å². The second-order valence-corrected chi connectivity index (χ2v) is 4.08. The van der Waals surface area contributed by atoms with Crippen molar-refractivity contribution in [2.24, 2.45) is 0 Å². The van der Waals surface area contributed by atoms with Crippen molar-refractivity contribution in [3.8, 4) is 0 Å². The van der Waals surface area contributed by atoms with Gasteiger partial charge in [-0.05, 0) is 12.1 Å². The molecule has 0 heterocycles. The normalized spacial score (nSPS) is 10.4. The molecule has 0 bridgehead atoms. The van der Waals surface area contributed by atoms with Crippen LogP contribution in [0, 0.1) is 10.1 Å². The minimum atomic E-state index is -4.42. The van der Waals surface area contributed by atoms with Crippen molar-refractivity contribution >= 4 is 51.1 Å². The van der Waals surface area contributed by atoms with E-state index in [1.807, 2.05) is 0 Å². The molecule has 2 N–H and O–H groups in total. The molecular formula is C7H8N2NaO5S. The van der Waals surface area contributed by atoms with E-state index in [0.717, 1.165) is 12.1 Å². The largest absolute Gasteiger partial charge is 0.383 e. The average molecular weight is 255 g/mol. The van der Waals surface area contributed by atoms with Crippen LogP contribution in [0.15, 0.2) is 23.1 Å². The number of nitro groups is 1. The SMILES string of the molecule is CNc1ccc(S(=O)(=O)O)cc1[N+](=O)[O-].[Na]. The topological polar surface area (TPSA) is 110 Å². The zero-order valence-electron chi connectivity index (χ0n) is 8.67. The van der Waals surface area contributed by atoms with Crippen molar-refractivity contribution in [3.63, 3.8) is 0 Å². The predicted molar refractivity (Wildman–Crippen MR) is 58.2 cm³/mol. The van der Waals surface area contributed by atoms with E-state index in [9.17, 15) is 18.5 Å². The van der Waals surface area contributed by atoms with Gasteiger partial charge < -0.3 is 5.32 Å². The summed E-state index contributed by atoms with van der Waals surface area (Å²) in [7, 11) is -2.95. The predicted octanol–water partition coefficient (Wildman–Crippen LogP) is 0.502. The van der Waals surface area contributed by atoms with Crippen LogP contribution >= 0.6 is 0 Å². The molecule has 0 fully saturated rings. The molecule has 0 aliphatic rings. The molecule has 1 rings (SSSR count). The van der Waals surface area contributed by atoms with Crippen LogP contribution in [0.1, 0.15) is 0 Å². The molecule has 0 spiro atoms. The molecule has 0 amide bonds. The zero-order chi connectivity index (χ0) is 11.6. The third-order valence-corrected chi connectivity index (χ3v) is 2.58. The maximum atomic E-state index is 10.7. The van der Waals surface area contributed by atoms with E-state index in [0.29, 0.717) is 0 Å². The first-order chi connectivity index (χ1) is 6.86. The Balaban J connectivity index is 0.00000225. The summed E-state index contributed by atoms with van der Waals surface area (Å²) >= 11 is 0. The maximum Gasteiger partial charge on any atom is 0.294 e. The zero-order valence-corrected chi connectivity index (χ0v) is 11.5. The summed E-state index contributed by atoms with van der Waals surface area (Å²) in [5, 5.41) is 13.1. The van der Waals surface area contributed by atoms with Gasteiger partial charge in [0.05, 0.1) is 4.92 Å². The molecule has 0 unspecified atom stereocenters. The van der Waals surface area contributed by atoms with Crippen molar-refractivity contribution in [1.82, 2.24) is 0 Å². The fourth-order valence-corrected chi connectivity index (χ4v) is 1.53. The van der Waals surface area contributed by atoms with Crippen LogP contribution in [0.2, 0.25) is 0 Å². The van der Waals surface area contributed by atoms with Gasteiger partial charge in [-0.25, -0.2) is 0 Å². The Kier molecular flexibility index (Phi) is 5.36. The van der Waals surface area contributed by atoms with Gasteiger partial charge in [-0.2, -0.15) is 8.42 Å². The fraction of sp³-hybridized carbons (Fsp3) is 0.143. The standard InChI is InChI=1S/C7H8N2O5S.Na/c1-8-6-3-2-5(15(12,13)14)4-7(6)9(10)11;/h2-4,8H,1H3,(H,12,13,14);. The number of anilines is 1. The van der Waals surface area contributed by atoms with Gasteiger partial charge in [-0.1, -0.05) is 0 Å². The van der Waals surface area contributed by atoms with Crippen molar-refractivity contribution in [2.75, 3.05) is 12.4 Å². The molecule has 0 saturated carbocycles. The molecule has 1 radical (unpaired) electrons. The first-order valence-corrected chi connectivity index (χ1v) is 5.24. The van der Waals surface area contributed by atoms with E-state index in [-0.39, 0.29) is 35.2 Å². The molecule has 7 nitrogen and oxygen atoms in total. The fourth-order valence-electron chi connectivity index (χ4n) is 1.03. The molecular weight excluding hydrogens is 247 g/mol. The molecule has 83 valence electrons. The molecule has 0 aliphatic carbocycles. The van der Waals surface area contributed by atoms with Gasteiger partial charge in [0.15, 0.2) is 0 Å². The smallest absolute Gasteiger partial charge is 0.294 e. The van der Waals surface area contributed by atoms with Crippen LogP contribution in [0.3, 0.4) is 0 Å². The van der Waals surface area contributed by atoms with Crippen molar-refractivity contribution in [1.29, 1.82) is 0 Å². The maximum absolute atomic E-state index is 10.7. The summed E-state index contributed by atoms with van der Waals surface area (Å²) in [6.07, 6.45) is 0. The van der Waals surface area contributed by atoms with E-state index in [2.05, 4.69) is 5.32 Å². The van der Waals surface area contributed by atoms with E-state index in [1.54, 1.807) is 0 Å². The second kappa shape index (κ2) is 5.60. The monoisotopic (exact) mass is 255 g/mol. The first kappa shape index (κ1) is 15.3. The van der Waals surface area contributed by atoms with Gasteiger partial charge in [0, 0.05) is 42.7 Å². The second-order valence-electron chi connectivity index (χ2n) is 2.66. The van der Waals surface area contributed by atoms with E-state index >= 15 is 0 Å². The summed E-state index contributed by atoms with van der Waals surface area (Å²) in [5.41, 5.74) is -0.236. The van der Waals surface area contributed by atoms with Crippen LogP contribution in [-0.4, -0.2) is 54.5 Å². The van der Waals surface area contributed by atoms with Crippen molar-refractivity contribution in [2.45, 2.75) is 4.90 Å². The summed E-state index contributed by atoms with van der Waals surface area (Å²) in [6, 6.07) is 3.08. The molecule has 0 saturated heterocycles. The Bertz CT molecular complexity index is 501. The van der Waals surface area contributed by atoms with Crippen LogP contribution in [0.25, 0.3) is 0 Å². The Morgan fingerprint density at radius 1 is 1.44 bits per heavy atom. The van der Waals surface area contributed by atoms with Crippen LogP contribution in [-0.2, 0) is 10.1 Å². The third-order valence-electron chi connectivity index (χ3n) is 1.73. The van der Waals surface area contributed by atoms with Gasteiger partial charge in [-0.15, -0.1) is 0 Å². The summed E-state index contributed by atoms with van der Waals surface area (Å²) in [4.78, 5) is 9.31. The molecule has 1 aromatic carbocycles. The van der Waals surface area contributed by atoms with Crippen LogP contribution in [0.5, 0.6) is 0 Å². The molecule has 9 heteroatoms. The van der Waals surface area contributed by atoms with Gasteiger partial charge in [0.2, 0.25) is 0 Å². The Labute approximate surface area is 114 Å². The Hall–Kier alpha value is -0.670. The van der Waals surface area contributed by atoms with Gasteiger partial charge in [0.25, 0.3) is 15.8 Å². The summed E-state index contributed by atoms with van der Waals surface area (Å²) in [5.74, 6) is 0. The van der Waals surface area contributed by atoms with E-state index in [4.69, 9.17) is 4.55 Å². The molecule has 0 aliphatic heterocycles. The number of nitrogens with one attached hydrogen (secondary N) is 1. The molecule has 0 atom stereocenters. The van der Waals surface area contributed by atoms with Crippen LogP contribution < -0.4 is 5.32 Å². The minimum absolute atomic E-state index is 0. The molecule has 1 aromatic rings. The number of rotatable bonds is 3. The average Bonchev–Trinajstić information content (AvgIpc) is 2.15. The van der Waals surface area contributed by atoms with Crippen molar-refractivity contribution in [3.05, 3.63) is 28.3 Å². The Morgan fingerprint density at radius 3 is 2.38 bits per heavy atom. The number of nitro benzene ring substituents is 1. The number of benzene rings is 1. The van der Waals surface area contributed by atoms with E-state index in [1.165, 1.54) is 13.1 Å². The number of hydrogen-bond acceptors (Lipinski definition) is 5. The molecule has 0 aromatic heterocycles. The van der Waals surface area contributed by atoms with Gasteiger partial charge in [0.1, 0.15) is 10.6 Å². The van der Waals surface area contributed by atoms with E-state index < -0.39 is 25.6 Å². The Morgan fingerprint density at radius 2 is 2.00 bits per heavy atom. The first-order valence-electron chi connectivity index (χ1n) is 3.80. The third kappa shape index (κ3) is 3.42. The van der Waals surface area contributed by atoms with Crippen LogP contribution in [0.4, 0.5) is 11.4 Å². The van der Waals surface area contributed by atoms with Gasteiger partial charge >= 0.3 is 0 Å². The minimum Gasteiger partial charge on any atom is -0.383 e. The summed E-state index contributed by atoms with van der Waals surface area (Å²) in [6.45, 7) is 0.